The van der Waals surface area contributed by atoms with Crippen LogP contribution in [0.25, 0.3) is 0 Å². The number of hydrogen-bond donors (Lipinski definition) is 3. The monoisotopic (exact) mass is 887 g/mol. The maximum atomic E-state index is 12.6. The molecule has 0 amide bonds. The van der Waals surface area contributed by atoms with E-state index in [1.807, 2.05) is 6.08 Å². The second-order valence-electron chi connectivity index (χ2n) is 17.1. The van der Waals surface area contributed by atoms with Gasteiger partial charge in [-0.3, -0.25) is 23.4 Å². The first-order chi connectivity index (χ1) is 29.5. The Hall–Kier alpha value is -1.88. The van der Waals surface area contributed by atoms with Crippen LogP contribution in [-0.4, -0.2) is 71.5 Å². The lowest BCUT2D eigenvalue weighted by atomic mass is 9.99. The molecule has 0 aromatic heterocycles. The summed E-state index contributed by atoms with van der Waals surface area (Å²) in [4.78, 5) is 46.9. The minimum absolute atomic E-state index is 0.135. The first-order valence-corrected chi connectivity index (χ1v) is 26.1. The van der Waals surface area contributed by atoms with Crippen LogP contribution in [0.1, 0.15) is 226 Å². The lowest BCUT2D eigenvalue weighted by Gasteiger charge is -2.20. The van der Waals surface area contributed by atoms with Crippen LogP contribution in [-0.2, 0) is 37.5 Å². The highest BCUT2D eigenvalue weighted by molar-refractivity contribution is 7.47. The maximum absolute atomic E-state index is 12.6. The number of ketones is 1. The molecule has 0 aromatic carbocycles. The van der Waals surface area contributed by atoms with Crippen molar-refractivity contribution in [2.75, 3.05) is 26.4 Å². The van der Waals surface area contributed by atoms with Gasteiger partial charge in [-0.15, -0.1) is 0 Å². The Labute approximate surface area is 372 Å². The average molecular weight is 887 g/mol. The summed E-state index contributed by atoms with van der Waals surface area (Å²) >= 11 is 0. The zero-order valence-electron chi connectivity index (χ0n) is 39.1. The summed E-state index contributed by atoms with van der Waals surface area (Å²) in [5.41, 5.74) is 0. The van der Waals surface area contributed by atoms with E-state index in [0.29, 0.717) is 19.3 Å². The van der Waals surface area contributed by atoms with Crippen LogP contribution in [0, 0.1) is 5.92 Å². The predicted octanol–water partition coefficient (Wildman–Crippen LogP) is 12.8. The highest BCUT2D eigenvalue weighted by Crippen LogP contribution is 2.43. The Morgan fingerprint density at radius 1 is 0.590 bits per heavy atom. The molecule has 0 radical (unpaired) electrons. The number of allylic oxidation sites excluding steroid dienone is 4. The van der Waals surface area contributed by atoms with E-state index in [-0.39, 0.29) is 25.2 Å². The van der Waals surface area contributed by atoms with Crippen molar-refractivity contribution in [1.82, 2.24) is 0 Å². The third kappa shape index (κ3) is 43.2. The topological polar surface area (TPSA) is 166 Å². The molecular weight excluding hydrogens is 796 g/mol. The largest absolute Gasteiger partial charge is 0.472 e. The minimum atomic E-state index is -4.64. The fraction of sp³-hybridized carbons (Fsp3) is 0.857. The lowest BCUT2D eigenvalue weighted by molar-refractivity contribution is -0.161. The van der Waals surface area contributed by atoms with Crippen LogP contribution >= 0.6 is 7.82 Å². The number of rotatable bonds is 46. The highest BCUT2D eigenvalue weighted by atomic mass is 31.2. The van der Waals surface area contributed by atoms with Crippen molar-refractivity contribution >= 4 is 25.5 Å². The third-order valence-corrected chi connectivity index (χ3v) is 12.1. The molecule has 0 aliphatic carbocycles. The molecule has 12 heteroatoms. The van der Waals surface area contributed by atoms with E-state index in [1.165, 1.54) is 103 Å². The SMILES string of the molecule is CCCCCC(=O)/C=C/C=C\CCCCCCCC(=O)O[C@H](COC(=O)CCCCCCCCCCCCCCCCCCCCC(C)CC)COP(=O)(O)OC[C@@H](O)CO. The molecule has 0 aromatic rings. The Morgan fingerprint density at radius 3 is 1.59 bits per heavy atom. The summed E-state index contributed by atoms with van der Waals surface area (Å²) in [7, 11) is -4.64. The number of ether oxygens (including phenoxy) is 2. The van der Waals surface area contributed by atoms with Gasteiger partial charge in [-0.25, -0.2) is 4.57 Å². The molecule has 11 nitrogen and oxygen atoms in total. The molecule has 0 aliphatic rings. The number of phosphoric acid groups is 1. The molecule has 0 saturated heterocycles. The number of esters is 2. The molecule has 0 aliphatic heterocycles. The molecule has 0 spiro atoms. The van der Waals surface area contributed by atoms with Gasteiger partial charge in [0.15, 0.2) is 11.9 Å². The van der Waals surface area contributed by atoms with Gasteiger partial charge in [0.05, 0.1) is 19.8 Å². The lowest BCUT2D eigenvalue weighted by Crippen LogP contribution is -2.29. The summed E-state index contributed by atoms with van der Waals surface area (Å²) in [6.07, 6.45) is 39.8. The van der Waals surface area contributed by atoms with E-state index >= 15 is 0 Å². The van der Waals surface area contributed by atoms with Crippen molar-refractivity contribution in [3.8, 4) is 0 Å². The van der Waals surface area contributed by atoms with Crippen molar-refractivity contribution in [2.45, 2.75) is 238 Å². The number of phosphoric ester groups is 1. The molecule has 2 unspecified atom stereocenters. The zero-order chi connectivity index (χ0) is 45.1. The van der Waals surface area contributed by atoms with Crippen LogP contribution in [0.2, 0.25) is 0 Å². The van der Waals surface area contributed by atoms with Crippen LogP contribution in [0.3, 0.4) is 0 Å². The zero-order valence-corrected chi connectivity index (χ0v) is 39.9. The summed E-state index contributed by atoms with van der Waals surface area (Å²) in [5.74, 6) is 0.0774. The number of aliphatic hydroxyl groups excluding tert-OH is 2. The van der Waals surface area contributed by atoms with Crippen molar-refractivity contribution in [2.24, 2.45) is 5.92 Å². The Morgan fingerprint density at radius 2 is 1.07 bits per heavy atom. The summed E-state index contributed by atoms with van der Waals surface area (Å²) in [5, 5.41) is 18.4. The van der Waals surface area contributed by atoms with Crippen LogP contribution < -0.4 is 0 Å². The number of carbonyl (C=O) groups excluding carboxylic acids is 3. The highest BCUT2D eigenvalue weighted by Gasteiger charge is 2.27. The van der Waals surface area contributed by atoms with E-state index in [4.69, 9.17) is 23.6 Å². The van der Waals surface area contributed by atoms with Gasteiger partial charge in [-0.05, 0) is 44.1 Å². The van der Waals surface area contributed by atoms with Crippen molar-refractivity contribution in [3.05, 3.63) is 24.3 Å². The molecular formula is C49H91O11P. The number of unbranched alkanes of at least 4 members (excludes halogenated alkanes) is 24. The second kappa shape index (κ2) is 43.4. The molecule has 0 bridgehead atoms. The van der Waals surface area contributed by atoms with Gasteiger partial charge >= 0.3 is 19.8 Å². The van der Waals surface area contributed by atoms with Gasteiger partial charge in [0.1, 0.15) is 12.7 Å². The molecule has 0 rings (SSSR count). The van der Waals surface area contributed by atoms with E-state index in [2.05, 4.69) is 26.8 Å². The van der Waals surface area contributed by atoms with Gasteiger partial charge in [0.25, 0.3) is 0 Å². The first-order valence-electron chi connectivity index (χ1n) is 24.6. The smallest absolute Gasteiger partial charge is 0.462 e. The van der Waals surface area contributed by atoms with Gasteiger partial charge in [0.2, 0.25) is 0 Å². The van der Waals surface area contributed by atoms with Gasteiger partial charge in [-0.1, -0.05) is 193 Å². The maximum Gasteiger partial charge on any atom is 0.472 e. The molecule has 0 fully saturated rings. The standard InChI is InChI=1S/C49H91O11P/c1-4-6-30-36-45(51)37-32-27-23-19-17-21-25-29-34-39-49(54)60-47(43-59-61(55,56)58-41-46(52)40-50)42-57-48(53)38-33-28-24-20-16-14-12-10-8-7-9-11-13-15-18-22-26-31-35-44(3)5-2/h23,27,32,37,44,46-47,50,52H,4-22,24-26,28-31,33-36,38-43H2,1-3H3,(H,55,56)/b27-23-,37-32+/t44?,46-,47+/m0/s1. The number of hydrogen-bond acceptors (Lipinski definition) is 10. The Balaban J connectivity index is 4.20. The quantitative estimate of drug-likeness (QED) is 0.0175. The normalized spacial score (nSPS) is 14.3. The number of aliphatic hydroxyl groups is 2. The van der Waals surface area contributed by atoms with E-state index in [1.54, 1.807) is 12.2 Å². The van der Waals surface area contributed by atoms with E-state index < -0.39 is 51.8 Å². The van der Waals surface area contributed by atoms with Crippen LogP contribution in [0.5, 0.6) is 0 Å². The third-order valence-electron chi connectivity index (χ3n) is 11.1. The molecule has 0 saturated carbocycles. The van der Waals surface area contributed by atoms with Gasteiger partial charge < -0.3 is 24.6 Å². The second-order valence-corrected chi connectivity index (χ2v) is 18.6. The Kier molecular flexibility index (Phi) is 42.0. The summed E-state index contributed by atoms with van der Waals surface area (Å²) in [6, 6.07) is 0. The Bertz CT molecular complexity index is 1140. The summed E-state index contributed by atoms with van der Waals surface area (Å²) < 4.78 is 32.8. The van der Waals surface area contributed by atoms with E-state index in [9.17, 15) is 28.9 Å². The summed E-state index contributed by atoms with van der Waals surface area (Å²) in [6.45, 7) is 4.59. The van der Waals surface area contributed by atoms with E-state index in [0.717, 1.165) is 76.5 Å². The minimum Gasteiger partial charge on any atom is -0.462 e. The predicted molar refractivity (Wildman–Crippen MR) is 247 cm³/mol. The molecule has 61 heavy (non-hydrogen) atoms. The molecule has 3 N–H and O–H groups in total. The molecule has 358 valence electrons. The fourth-order valence-corrected chi connectivity index (χ4v) is 7.68. The van der Waals surface area contributed by atoms with Gasteiger partial charge in [0, 0.05) is 19.3 Å². The molecule has 0 heterocycles. The van der Waals surface area contributed by atoms with Crippen LogP contribution in [0.15, 0.2) is 24.3 Å². The van der Waals surface area contributed by atoms with Crippen molar-refractivity contribution in [3.63, 3.8) is 0 Å². The van der Waals surface area contributed by atoms with Crippen LogP contribution in [0.4, 0.5) is 0 Å². The van der Waals surface area contributed by atoms with Crippen molar-refractivity contribution < 1.29 is 52.6 Å². The van der Waals surface area contributed by atoms with Crippen molar-refractivity contribution in [1.29, 1.82) is 0 Å². The van der Waals surface area contributed by atoms with Gasteiger partial charge in [-0.2, -0.15) is 0 Å². The fourth-order valence-electron chi connectivity index (χ4n) is 6.89. The first kappa shape index (κ1) is 59.1. The molecule has 4 atom stereocenters. The number of carbonyl (C=O) groups is 3. The average Bonchev–Trinajstić information content (AvgIpc) is 3.24.